The number of phenols is 2. The van der Waals surface area contributed by atoms with E-state index in [9.17, 15) is 29.7 Å². The lowest BCUT2D eigenvalue weighted by Crippen LogP contribution is -2.55. The second-order valence-electron chi connectivity index (χ2n) is 6.99. The Bertz CT molecular complexity index is 904. The second-order valence-corrected chi connectivity index (χ2v) is 7.36. The maximum atomic E-state index is 12.9. The quantitative estimate of drug-likeness (QED) is 0.256. The minimum Gasteiger partial charge on any atom is -0.508 e. The summed E-state index contributed by atoms with van der Waals surface area (Å²) in [6.45, 7) is 0. The third-order valence-electron chi connectivity index (χ3n) is 4.53. The van der Waals surface area contributed by atoms with E-state index in [1.54, 1.807) is 24.3 Å². The molecule has 166 valence electrons. The maximum Gasteiger partial charge on any atom is 0.326 e. The summed E-state index contributed by atoms with van der Waals surface area (Å²) in [5, 5.41) is 33.3. The Morgan fingerprint density at radius 1 is 0.806 bits per heavy atom. The maximum absolute atomic E-state index is 12.9. The predicted molar refractivity (Wildman–Crippen MR) is 117 cm³/mol. The molecule has 0 aliphatic carbocycles. The number of carboxylic acids is 1. The number of amides is 2. The molecule has 10 heteroatoms. The lowest BCUT2D eigenvalue weighted by Gasteiger charge is -2.23. The molecule has 3 atom stereocenters. The van der Waals surface area contributed by atoms with Crippen LogP contribution >= 0.6 is 12.6 Å². The smallest absolute Gasteiger partial charge is 0.326 e. The van der Waals surface area contributed by atoms with Crippen LogP contribution in [0, 0.1) is 0 Å². The van der Waals surface area contributed by atoms with Gasteiger partial charge in [-0.1, -0.05) is 24.3 Å². The summed E-state index contributed by atoms with van der Waals surface area (Å²) < 4.78 is 0. The second kappa shape index (κ2) is 11.2. The first kappa shape index (κ1) is 24.0. The minimum absolute atomic E-state index is 0.0165. The first-order valence-corrected chi connectivity index (χ1v) is 10.1. The Balaban J connectivity index is 2.17. The van der Waals surface area contributed by atoms with Gasteiger partial charge < -0.3 is 31.7 Å². The van der Waals surface area contributed by atoms with Crippen molar-refractivity contribution in [1.29, 1.82) is 0 Å². The van der Waals surface area contributed by atoms with Crippen molar-refractivity contribution in [2.45, 2.75) is 31.0 Å². The van der Waals surface area contributed by atoms with Crippen LogP contribution in [-0.4, -0.2) is 57.0 Å². The number of benzene rings is 2. The van der Waals surface area contributed by atoms with Crippen molar-refractivity contribution < 1.29 is 29.7 Å². The van der Waals surface area contributed by atoms with E-state index in [0.29, 0.717) is 11.1 Å². The molecule has 0 saturated carbocycles. The Hall–Kier alpha value is -3.24. The van der Waals surface area contributed by atoms with Gasteiger partial charge in [-0.3, -0.25) is 9.59 Å². The standard InChI is InChI=1S/C21H25N3O6S/c22-16(11-31)19(27)23-17(9-12-1-5-14(25)6-2-12)20(28)24-18(21(29)30)10-13-3-7-15(26)8-4-13/h1-8,16-18,25-26,31H,9-11,22H2,(H,23,27)(H,24,28)(H,29,30). The van der Waals surface area contributed by atoms with E-state index in [1.807, 2.05) is 0 Å². The molecule has 0 fully saturated rings. The van der Waals surface area contributed by atoms with Crippen LogP contribution in [0.5, 0.6) is 11.5 Å². The Kier molecular flexibility index (Phi) is 8.71. The van der Waals surface area contributed by atoms with E-state index in [0.717, 1.165) is 0 Å². The molecule has 0 heterocycles. The van der Waals surface area contributed by atoms with Gasteiger partial charge >= 0.3 is 5.97 Å². The third kappa shape index (κ3) is 7.50. The van der Waals surface area contributed by atoms with Crippen molar-refractivity contribution in [3.8, 4) is 11.5 Å². The average Bonchev–Trinajstić information content (AvgIpc) is 2.74. The van der Waals surface area contributed by atoms with Gasteiger partial charge in [-0.2, -0.15) is 12.6 Å². The van der Waals surface area contributed by atoms with Gasteiger partial charge in [0.1, 0.15) is 23.6 Å². The van der Waals surface area contributed by atoms with E-state index in [1.165, 1.54) is 24.3 Å². The number of carbonyl (C=O) groups excluding carboxylic acids is 2. The van der Waals surface area contributed by atoms with Crippen LogP contribution in [0.25, 0.3) is 0 Å². The predicted octanol–water partition coefficient (Wildman–Crippen LogP) is 0.194. The number of aliphatic carboxylic acids is 1. The Labute approximate surface area is 184 Å². The first-order valence-electron chi connectivity index (χ1n) is 9.45. The number of carbonyl (C=O) groups is 3. The van der Waals surface area contributed by atoms with Crippen LogP contribution in [-0.2, 0) is 27.2 Å². The summed E-state index contributed by atoms with van der Waals surface area (Å²) in [6, 6.07) is 8.72. The number of aromatic hydroxyl groups is 2. The summed E-state index contributed by atoms with van der Waals surface area (Å²) in [4.78, 5) is 36.8. The summed E-state index contributed by atoms with van der Waals surface area (Å²) in [7, 11) is 0. The lowest BCUT2D eigenvalue weighted by molar-refractivity contribution is -0.142. The fourth-order valence-corrected chi connectivity index (χ4v) is 2.94. The number of rotatable bonds is 10. The molecule has 2 aromatic rings. The highest BCUT2D eigenvalue weighted by Gasteiger charge is 2.28. The summed E-state index contributed by atoms with van der Waals surface area (Å²) >= 11 is 3.97. The van der Waals surface area contributed by atoms with Gasteiger partial charge in [0.05, 0.1) is 6.04 Å². The highest BCUT2D eigenvalue weighted by molar-refractivity contribution is 7.80. The van der Waals surface area contributed by atoms with Crippen molar-refractivity contribution >= 4 is 30.4 Å². The molecule has 0 bridgehead atoms. The molecule has 0 aromatic heterocycles. The van der Waals surface area contributed by atoms with Gasteiger partial charge in [-0.25, -0.2) is 4.79 Å². The molecule has 0 saturated heterocycles. The normalized spacial score (nSPS) is 13.6. The molecular formula is C21H25N3O6S. The summed E-state index contributed by atoms with van der Waals surface area (Å²) in [5.41, 5.74) is 6.91. The Morgan fingerprint density at radius 3 is 1.65 bits per heavy atom. The van der Waals surface area contributed by atoms with Crippen LogP contribution < -0.4 is 16.4 Å². The van der Waals surface area contributed by atoms with E-state index < -0.39 is 35.9 Å². The van der Waals surface area contributed by atoms with Crippen molar-refractivity contribution in [3.63, 3.8) is 0 Å². The van der Waals surface area contributed by atoms with Crippen LogP contribution in [0.1, 0.15) is 11.1 Å². The van der Waals surface area contributed by atoms with Crippen LogP contribution in [0.2, 0.25) is 0 Å². The van der Waals surface area contributed by atoms with Gasteiger partial charge in [0.15, 0.2) is 0 Å². The van der Waals surface area contributed by atoms with E-state index in [-0.39, 0.29) is 30.1 Å². The van der Waals surface area contributed by atoms with Crippen LogP contribution in [0.3, 0.4) is 0 Å². The Morgan fingerprint density at radius 2 is 1.23 bits per heavy atom. The van der Waals surface area contributed by atoms with Crippen molar-refractivity contribution in [2.24, 2.45) is 5.73 Å². The SMILES string of the molecule is NC(CS)C(=O)NC(Cc1ccc(O)cc1)C(=O)NC(Cc1ccc(O)cc1)C(=O)O. The summed E-state index contributed by atoms with van der Waals surface area (Å²) in [5.74, 6) is -2.39. The summed E-state index contributed by atoms with van der Waals surface area (Å²) in [6.07, 6.45) is 0.0417. The number of hydrogen-bond donors (Lipinski definition) is 7. The molecule has 2 rings (SSSR count). The number of nitrogens with two attached hydrogens (primary N) is 1. The van der Waals surface area contributed by atoms with Gasteiger partial charge in [0, 0.05) is 18.6 Å². The topological polar surface area (TPSA) is 162 Å². The fraction of sp³-hybridized carbons (Fsp3) is 0.286. The first-order chi connectivity index (χ1) is 14.7. The largest absolute Gasteiger partial charge is 0.508 e. The number of thiol groups is 1. The fourth-order valence-electron chi connectivity index (χ4n) is 2.78. The zero-order valence-corrected chi connectivity index (χ0v) is 17.5. The zero-order chi connectivity index (χ0) is 23.0. The van der Waals surface area contributed by atoms with E-state index in [4.69, 9.17) is 5.73 Å². The number of hydrogen-bond acceptors (Lipinski definition) is 7. The zero-order valence-electron chi connectivity index (χ0n) is 16.6. The van der Waals surface area contributed by atoms with Crippen molar-refractivity contribution in [1.82, 2.24) is 10.6 Å². The molecule has 0 aliphatic rings. The molecule has 0 spiro atoms. The average molecular weight is 448 g/mol. The minimum atomic E-state index is -1.25. The van der Waals surface area contributed by atoms with E-state index in [2.05, 4.69) is 23.3 Å². The van der Waals surface area contributed by atoms with Gasteiger partial charge in [-0.05, 0) is 35.4 Å². The van der Waals surface area contributed by atoms with Gasteiger partial charge in [-0.15, -0.1) is 0 Å². The molecule has 3 unspecified atom stereocenters. The highest BCUT2D eigenvalue weighted by Crippen LogP contribution is 2.13. The van der Waals surface area contributed by atoms with Crippen LogP contribution in [0.15, 0.2) is 48.5 Å². The molecule has 2 amide bonds. The molecular weight excluding hydrogens is 422 g/mol. The third-order valence-corrected chi connectivity index (χ3v) is 4.93. The number of nitrogens with one attached hydrogen (secondary N) is 2. The molecule has 0 aliphatic heterocycles. The molecule has 9 nitrogen and oxygen atoms in total. The monoisotopic (exact) mass is 447 g/mol. The molecule has 0 radical (unpaired) electrons. The molecule has 2 aromatic carbocycles. The van der Waals surface area contributed by atoms with Crippen molar-refractivity contribution in [2.75, 3.05) is 5.75 Å². The van der Waals surface area contributed by atoms with Gasteiger partial charge in [0.2, 0.25) is 11.8 Å². The number of phenolic OH excluding ortho intramolecular Hbond substituents is 2. The van der Waals surface area contributed by atoms with Gasteiger partial charge in [0.25, 0.3) is 0 Å². The highest BCUT2D eigenvalue weighted by atomic mass is 32.1. The number of carboxylic acid groups (broad SMARTS) is 1. The van der Waals surface area contributed by atoms with Crippen molar-refractivity contribution in [3.05, 3.63) is 59.7 Å². The van der Waals surface area contributed by atoms with E-state index >= 15 is 0 Å². The molecule has 31 heavy (non-hydrogen) atoms. The van der Waals surface area contributed by atoms with Crippen LogP contribution in [0.4, 0.5) is 0 Å². The molecule has 7 N–H and O–H groups in total. The lowest BCUT2D eigenvalue weighted by atomic mass is 10.0.